The zero-order valence-electron chi connectivity index (χ0n) is 13.0. The molecule has 4 nitrogen and oxygen atoms in total. The molecule has 1 saturated heterocycles. The van der Waals surface area contributed by atoms with Gasteiger partial charge >= 0.3 is 0 Å². The van der Waals surface area contributed by atoms with Gasteiger partial charge in [0.15, 0.2) is 0 Å². The lowest BCUT2D eigenvalue weighted by Gasteiger charge is -2.31. The van der Waals surface area contributed by atoms with Gasteiger partial charge in [0, 0.05) is 30.1 Å². The highest BCUT2D eigenvalue weighted by Gasteiger charge is 2.44. The van der Waals surface area contributed by atoms with Gasteiger partial charge in [-0.05, 0) is 37.5 Å². The van der Waals surface area contributed by atoms with Gasteiger partial charge in [-0.25, -0.2) is 0 Å². The summed E-state index contributed by atoms with van der Waals surface area (Å²) in [5.41, 5.74) is 1.32. The van der Waals surface area contributed by atoms with Crippen molar-refractivity contribution in [1.29, 1.82) is 0 Å². The van der Waals surface area contributed by atoms with Crippen molar-refractivity contribution < 1.29 is 9.53 Å². The van der Waals surface area contributed by atoms with E-state index >= 15 is 0 Å². The van der Waals surface area contributed by atoms with Crippen LogP contribution in [0.1, 0.15) is 25.3 Å². The molecule has 2 aliphatic rings. The highest BCUT2D eigenvalue weighted by Crippen LogP contribution is 2.48. The number of nitrogens with one attached hydrogen (secondary N) is 1. The first-order valence-electron chi connectivity index (χ1n) is 7.96. The van der Waals surface area contributed by atoms with Gasteiger partial charge in [-0.3, -0.25) is 9.69 Å². The maximum absolute atomic E-state index is 12.4. The third-order valence-corrected chi connectivity index (χ3v) is 5.10. The smallest absolute Gasteiger partial charge is 0.237 e. The lowest BCUT2D eigenvalue weighted by atomic mass is 9.96. The molecule has 1 amide bonds. The molecule has 1 aliphatic heterocycles. The lowest BCUT2D eigenvalue weighted by Crippen LogP contribution is -2.50. The number of ether oxygens (including phenoxy) is 1. The molecule has 1 N–H and O–H groups in total. The van der Waals surface area contributed by atoms with Crippen LogP contribution in [0.15, 0.2) is 24.3 Å². The molecule has 1 aliphatic carbocycles. The van der Waals surface area contributed by atoms with E-state index < -0.39 is 0 Å². The number of hydrogen-bond acceptors (Lipinski definition) is 3. The zero-order valence-corrected chi connectivity index (χ0v) is 13.7. The quantitative estimate of drug-likeness (QED) is 0.903. The summed E-state index contributed by atoms with van der Waals surface area (Å²) >= 11 is 6.09. The molecule has 0 aromatic heterocycles. The molecule has 0 spiro atoms. The Kier molecular flexibility index (Phi) is 4.71. The van der Waals surface area contributed by atoms with E-state index in [0.29, 0.717) is 19.8 Å². The van der Waals surface area contributed by atoms with E-state index in [1.165, 1.54) is 5.56 Å². The fourth-order valence-electron chi connectivity index (χ4n) is 3.07. The summed E-state index contributed by atoms with van der Waals surface area (Å²) in [6.45, 7) is 5.75. The molecule has 3 rings (SSSR count). The van der Waals surface area contributed by atoms with E-state index in [4.69, 9.17) is 16.3 Å². The second kappa shape index (κ2) is 6.57. The minimum atomic E-state index is -0.0981. The summed E-state index contributed by atoms with van der Waals surface area (Å²) in [6.07, 6.45) is 2.22. The molecule has 0 radical (unpaired) electrons. The number of halogens is 1. The van der Waals surface area contributed by atoms with Crippen molar-refractivity contribution in [2.45, 2.75) is 31.2 Å². The number of hydrogen-bond donors (Lipinski definition) is 1. The number of morpholine rings is 1. The van der Waals surface area contributed by atoms with Crippen LogP contribution in [0, 0.1) is 0 Å². The highest BCUT2D eigenvalue weighted by atomic mass is 35.5. The van der Waals surface area contributed by atoms with Crippen LogP contribution >= 0.6 is 11.6 Å². The first-order valence-corrected chi connectivity index (χ1v) is 8.34. The SMILES string of the molecule is CC(C(=O)NCC1(c2cccc(Cl)c2)CC1)N1CCOCC1. The van der Waals surface area contributed by atoms with Gasteiger partial charge in [-0.1, -0.05) is 23.7 Å². The van der Waals surface area contributed by atoms with Crippen molar-refractivity contribution in [3.8, 4) is 0 Å². The predicted molar refractivity (Wildman–Crippen MR) is 87.2 cm³/mol. The summed E-state index contributed by atoms with van der Waals surface area (Å²) in [4.78, 5) is 14.6. The van der Waals surface area contributed by atoms with Gasteiger partial charge in [0.1, 0.15) is 0 Å². The number of carbonyl (C=O) groups excluding carboxylic acids is 1. The Labute approximate surface area is 136 Å². The predicted octanol–water partition coefficient (Wildman–Crippen LogP) is 2.21. The summed E-state index contributed by atoms with van der Waals surface area (Å²) in [7, 11) is 0. The fourth-order valence-corrected chi connectivity index (χ4v) is 3.26. The van der Waals surface area contributed by atoms with Crippen molar-refractivity contribution in [2.24, 2.45) is 0 Å². The summed E-state index contributed by atoms with van der Waals surface area (Å²) in [6, 6.07) is 7.90. The fraction of sp³-hybridized carbons (Fsp3) is 0.588. The maximum atomic E-state index is 12.4. The molecule has 5 heteroatoms. The van der Waals surface area contributed by atoms with Gasteiger partial charge < -0.3 is 10.1 Å². The molecule has 1 saturated carbocycles. The Morgan fingerprint density at radius 1 is 1.41 bits per heavy atom. The van der Waals surface area contributed by atoms with Crippen LogP contribution in [0.4, 0.5) is 0 Å². The topological polar surface area (TPSA) is 41.6 Å². The van der Waals surface area contributed by atoms with Crippen molar-refractivity contribution >= 4 is 17.5 Å². The van der Waals surface area contributed by atoms with Gasteiger partial charge in [-0.15, -0.1) is 0 Å². The Balaban J connectivity index is 1.56. The van der Waals surface area contributed by atoms with Crippen LogP contribution in [0.3, 0.4) is 0 Å². The van der Waals surface area contributed by atoms with Gasteiger partial charge in [0.05, 0.1) is 19.3 Å². The average Bonchev–Trinajstić information content (AvgIpc) is 3.34. The highest BCUT2D eigenvalue weighted by molar-refractivity contribution is 6.30. The molecule has 120 valence electrons. The van der Waals surface area contributed by atoms with E-state index in [1.807, 2.05) is 25.1 Å². The third-order valence-electron chi connectivity index (χ3n) is 4.86. The minimum absolute atomic E-state index is 0.0886. The van der Waals surface area contributed by atoms with E-state index in [2.05, 4.69) is 16.3 Å². The van der Waals surface area contributed by atoms with Crippen LogP contribution in [-0.4, -0.2) is 49.7 Å². The molecule has 1 atom stereocenters. The van der Waals surface area contributed by atoms with Crippen LogP contribution in [0.2, 0.25) is 5.02 Å². The number of nitrogens with zero attached hydrogens (tertiary/aromatic N) is 1. The molecule has 1 unspecified atom stereocenters. The van der Waals surface area contributed by atoms with Crippen molar-refractivity contribution in [2.75, 3.05) is 32.8 Å². The van der Waals surface area contributed by atoms with Crippen LogP contribution in [-0.2, 0) is 14.9 Å². The Morgan fingerprint density at radius 2 is 2.14 bits per heavy atom. The standard InChI is InChI=1S/C17H23ClN2O2/c1-13(20-7-9-22-10-8-20)16(21)19-12-17(5-6-17)14-3-2-4-15(18)11-14/h2-4,11,13H,5-10,12H2,1H3,(H,19,21). The van der Waals surface area contributed by atoms with E-state index in [9.17, 15) is 4.79 Å². The zero-order chi connectivity index (χ0) is 15.6. The number of carbonyl (C=O) groups is 1. The molecule has 1 aromatic carbocycles. The molecule has 1 heterocycles. The second-order valence-corrected chi connectivity index (χ2v) is 6.77. The largest absolute Gasteiger partial charge is 0.379 e. The van der Waals surface area contributed by atoms with Gasteiger partial charge in [0.2, 0.25) is 5.91 Å². The van der Waals surface area contributed by atoms with Crippen molar-refractivity contribution in [1.82, 2.24) is 10.2 Å². The second-order valence-electron chi connectivity index (χ2n) is 6.33. The monoisotopic (exact) mass is 322 g/mol. The van der Waals surface area contributed by atoms with Crippen LogP contribution in [0.25, 0.3) is 0 Å². The maximum Gasteiger partial charge on any atom is 0.237 e. The summed E-state index contributed by atoms with van der Waals surface area (Å²) < 4.78 is 5.34. The number of amides is 1. The summed E-state index contributed by atoms with van der Waals surface area (Å²) in [5.74, 6) is 0.107. The molecule has 2 fully saturated rings. The number of benzene rings is 1. The van der Waals surface area contributed by atoms with Crippen molar-refractivity contribution in [3.05, 3.63) is 34.9 Å². The van der Waals surface area contributed by atoms with E-state index in [1.54, 1.807) is 0 Å². The first-order chi connectivity index (χ1) is 10.6. The van der Waals surface area contributed by atoms with E-state index in [-0.39, 0.29) is 17.4 Å². The van der Waals surface area contributed by atoms with Gasteiger partial charge in [-0.2, -0.15) is 0 Å². The third kappa shape index (κ3) is 3.45. The Bertz CT molecular complexity index is 539. The normalized spacial score (nSPS) is 22.1. The molecule has 22 heavy (non-hydrogen) atoms. The Hall–Kier alpha value is -1.10. The first kappa shape index (κ1) is 15.8. The summed E-state index contributed by atoms with van der Waals surface area (Å²) in [5, 5.41) is 3.90. The minimum Gasteiger partial charge on any atom is -0.379 e. The van der Waals surface area contributed by atoms with Crippen molar-refractivity contribution in [3.63, 3.8) is 0 Å². The van der Waals surface area contributed by atoms with E-state index in [0.717, 1.165) is 31.0 Å². The molecular weight excluding hydrogens is 300 g/mol. The Morgan fingerprint density at radius 3 is 2.77 bits per heavy atom. The molecule has 0 bridgehead atoms. The average molecular weight is 323 g/mol. The number of rotatable bonds is 5. The molecule has 1 aromatic rings. The van der Waals surface area contributed by atoms with Crippen LogP contribution < -0.4 is 5.32 Å². The lowest BCUT2D eigenvalue weighted by molar-refractivity contribution is -0.127. The van der Waals surface area contributed by atoms with Crippen LogP contribution in [0.5, 0.6) is 0 Å². The van der Waals surface area contributed by atoms with Gasteiger partial charge in [0.25, 0.3) is 0 Å². The molecular formula is C17H23ClN2O2.